The van der Waals surface area contributed by atoms with E-state index >= 15 is 0 Å². The molecule has 0 bridgehead atoms. The summed E-state index contributed by atoms with van der Waals surface area (Å²) in [6.45, 7) is 7.63. The number of unbranched alkanes of at least 4 members (excludes halogenated alkanes) is 2. The van der Waals surface area contributed by atoms with Crippen LogP contribution in [-0.2, 0) is 28.6 Å². The second-order valence-electron chi connectivity index (χ2n) is 6.39. The maximum atomic E-state index is 12.4. The first-order valence-electron chi connectivity index (χ1n) is 9.54. The van der Waals surface area contributed by atoms with E-state index < -0.39 is 35.8 Å². The molecule has 26 heavy (non-hydrogen) atoms. The van der Waals surface area contributed by atoms with E-state index in [1.807, 2.05) is 13.8 Å². The van der Waals surface area contributed by atoms with E-state index in [2.05, 4.69) is 0 Å². The van der Waals surface area contributed by atoms with Crippen molar-refractivity contribution in [1.29, 1.82) is 0 Å². The lowest BCUT2D eigenvalue weighted by Gasteiger charge is -2.21. The molecule has 0 aliphatic rings. The van der Waals surface area contributed by atoms with Crippen molar-refractivity contribution in [2.75, 3.05) is 19.8 Å². The Hall–Kier alpha value is -1.63. The van der Waals surface area contributed by atoms with E-state index in [1.54, 1.807) is 6.92 Å². The standard InChI is InChI=1S/C19H34O7/c1-5-8-10-24-17(21)12-16(19(23)26-13-15(20)7-3)14(4)18(22)25-11-9-6-2/h14-16,20H,5-13H2,1-4H3. The smallest absolute Gasteiger partial charge is 0.310 e. The molecule has 7 nitrogen and oxygen atoms in total. The number of carbonyl (C=O) groups is 3. The van der Waals surface area contributed by atoms with Gasteiger partial charge in [0.25, 0.3) is 0 Å². The molecule has 0 saturated carbocycles. The molecule has 0 aromatic rings. The molecule has 0 aromatic heterocycles. The topological polar surface area (TPSA) is 99.1 Å². The van der Waals surface area contributed by atoms with Gasteiger partial charge in [-0.3, -0.25) is 14.4 Å². The summed E-state index contributed by atoms with van der Waals surface area (Å²) in [6.07, 6.45) is 2.64. The number of aliphatic hydroxyl groups is 1. The van der Waals surface area contributed by atoms with Crippen LogP contribution in [-0.4, -0.2) is 48.9 Å². The van der Waals surface area contributed by atoms with Gasteiger partial charge in [-0.25, -0.2) is 0 Å². The van der Waals surface area contributed by atoms with Crippen LogP contribution in [0.1, 0.15) is 66.2 Å². The molecule has 0 spiro atoms. The van der Waals surface area contributed by atoms with Crippen LogP contribution in [0.2, 0.25) is 0 Å². The molecule has 0 rings (SSSR count). The average Bonchev–Trinajstić information content (AvgIpc) is 2.63. The van der Waals surface area contributed by atoms with Crippen molar-refractivity contribution in [3.05, 3.63) is 0 Å². The predicted molar refractivity (Wildman–Crippen MR) is 96.3 cm³/mol. The monoisotopic (exact) mass is 374 g/mol. The molecule has 3 unspecified atom stereocenters. The molecule has 0 fully saturated rings. The number of aliphatic hydroxyl groups excluding tert-OH is 1. The number of hydrogen-bond donors (Lipinski definition) is 1. The summed E-state index contributed by atoms with van der Waals surface area (Å²) >= 11 is 0. The fraction of sp³-hybridized carbons (Fsp3) is 0.842. The quantitative estimate of drug-likeness (QED) is 0.283. The van der Waals surface area contributed by atoms with Crippen LogP contribution < -0.4 is 0 Å². The van der Waals surface area contributed by atoms with E-state index in [0.717, 1.165) is 25.7 Å². The third-order valence-electron chi connectivity index (χ3n) is 4.06. The van der Waals surface area contributed by atoms with E-state index in [4.69, 9.17) is 14.2 Å². The molecular weight excluding hydrogens is 340 g/mol. The van der Waals surface area contributed by atoms with Gasteiger partial charge in [-0.05, 0) is 19.3 Å². The lowest BCUT2D eigenvalue weighted by atomic mass is 9.91. The van der Waals surface area contributed by atoms with Crippen LogP contribution in [0.25, 0.3) is 0 Å². The predicted octanol–water partition coefficient (Wildman–Crippen LogP) is 2.63. The molecular formula is C19H34O7. The Morgan fingerprint density at radius 1 is 0.885 bits per heavy atom. The Balaban J connectivity index is 4.86. The molecule has 1 N–H and O–H groups in total. The van der Waals surface area contributed by atoms with Crippen molar-refractivity contribution < 1.29 is 33.7 Å². The highest BCUT2D eigenvalue weighted by Gasteiger charge is 2.35. The van der Waals surface area contributed by atoms with E-state index in [1.165, 1.54) is 6.92 Å². The zero-order valence-corrected chi connectivity index (χ0v) is 16.5. The number of ether oxygens (including phenoxy) is 3. The summed E-state index contributed by atoms with van der Waals surface area (Å²) in [6, 6.07) is 0. The molecule has 0 saturated heterocycles. The van der Waals surface area contributed by atoms with Crippen molar-refractivity contribution >= 4 is 17.9 Å². The van der Waals surface area contributed by atoms with Crippen molar-refractivity contribution in [2.24, 2.45) is 11.8 Å². The van der Waals surface area contributed by atoms with Crippen molar-refractivity contribution in [1.82, 2.24) is 0 Å². The second kappa shape index (κ2) is 14.5. The molecule has 0 aliphatic carbocycles. The largest absolute Gasteiger partial charge is 0.466 e. The number of hydrogen-bond acceptors (Lipinski definition) is 7. The maximum Gasteiger partial charge on any atom is 0.310 e. The zero-order valence-electron chi connectivity index (χ0n) is 16.5. The SMILES string of the molecule is CCCCOC(=O)CC(C(=O)OCC(O)CC)C(C)C(=O)OCCCC. The minimum absolute atomic E-state index is 0.172. The minimum atomic E-state index is -0.998. The Bertz CT molecular complexity index is 422. The van der Waals surface area contributed by atoms with Gasteiger partial charge in [-0.1, -0.05) is 40.5 Å². The van der Waals surface area contributed by atoms with Crippen LogP contribution in [0, 0.1) is 11.8 Å². The molecule has 0 aromatic carbocycles. The second-order valence-corrected chi connectivity index (χ2v) is 6.39. The van der Waals surface area contributed by atoms with E-state index in [9.17, 15) is 19.5 Å². The molecule has 0 radical (unpaired) electrons. The summed E-state index contributed by atoms with van der Waals surface area (Å²) in [5.74, 6) is -3.63. The van der Waals surface area contributed by atoms with E-state index in [0.29, 0.717) is 6.42 Å². The Morgan fingerprint density at radius 2 is 1.46 bits per heavy atom. The highest BCUT2D eigenvalue weighted by atomic mass is 16.6. The van der Waals surface area contributed by atoms with Gasteiger partial charge in [-0.2, -0.15) is 0 Å². The molecule has 0 aliphatic heterocycles. The number of rotatable bonds is 14. The van der Waals surface area contributed by atoms with Crippen LogP contribution in [0.15, 0.2) is 0 Å². The number of carbonyl (C=O) groups excluding carboxylic acids is 3. The van der Waals surface area contributed by atoms with Gasteiger partial charge in [0, 0.05) is 0 Å². The first-order chi connectivity index (χ1) is 12.4. The van der Waals surface area contributed by atoms with Gasteiger partial charge in [0.15, 0.2) is 0 Å². The van der Waals surface area contributed by atoms with Gasteiger partial charge in [0.1, 0.15) is 6.61 Å². The van der Waals surface area contributed by atoms with Gasteiger partial charge < -0.3 is 19.3 Å². The summed E-state index contributed by atoms with van der Waals surface area (Å²) < 4.78 is 15.3. The van der Waals surface area contributed by atoms with Crippen LogP contribution >= 0.6 is 0 Å². The lowest BCUT2D eigenvalue weighted by molar-refractivity contribution is -0.165. The number of esters is 3. The Kier molecular flexibility index (Phi) is 13.6. The van der Waals surface area contributed by atoms with Gasteiger partial charge in [0.05, 0.1) is 37.6 Å². The maximum absolute atomic E-state index is 12.4. The van der Waals surface area contributed by atoms with Crippen molar-refractivity contribution in [2.45, 2.75) is 72.3 Å². The van der Waals surface area contributed by atoms with Crippen LogP contribution in [0.5, 0.6) is 0 Å². The fourth-order valence-electron chi connectivity index (χ4n) is 2.05. The molecule has 152 valence electrons. The highest BCUT2D eigenvalue weighted by molar-refractivity contribution is 5.85. The Labute approximate surface area is 156 Å². The van der Waals surface area contributed by atoms with E-state index in [-0.39, 0.29) is 26.2 Å². The highest BCUT2D eigenvalue weighted by Crippen LogP contribution is 2.21. The van der Waals surface area contributed by atoms with Crippen molar-refractivity contribution in [3.63, 3.8) is 0 Å². The summed E-state index contributed by atoms with van der Waals surface area (Å²) in [5, 5.41) is 9.54. The van der Waals surface area contributed by atoms with Gasteiger partial charge in [0.2, 0.25) is 0 Å². The van der Waals surface area contributed by atoms with Crippen LogP contribution in [0.4, 0.5) is 0 Å². The summed E-state index contributed by atoms with van der Waals surface area (Å²) in [4.78, 5) is 36.5. The van der Waals surface area contributed by atoms with Crippen LogP contribution in [0.3, 0.4) is 0 Å². The van der Waals surface area contributed by atoms with Crippen molar-refractivity contribution in [3.8, 4) is 0 Å². The molecule has 0 heterocycles. The first kappa shape index (κ1) is 24.4. The lowest BCUT2D eigenvalue weighted by Crippen LogP contribution is -2.34. The first-order valence-corrected chi connectivity index (χ1v) is 9.54. The molecule has 0 amide bonds. The van der Waals surface area contributed by atoms with Gasteiger partial charge in [-0.15, -0.1) is 0 Å². The van der Waals surface area contributed by atoms with Gasteiger partial charge >= 0.3 is 17.9 Å². The summed E-state index contributed by atoms with van der Waals surface area (Å²) in [5.41, 5.74) is 0. The molecule has 3 atom stereocenters. The normalized spacial score (nSPS) is 14.2. The zero-order chi connectivity index (χ0) is 19.9. The minimum Gasteiger partial charge on any atom is -0.466 e. The summed E-state index contributed by atoms with van der Waals surface area (Å²) in [7, 11) is 0. The third kappa shape index (κ3) is 10.4. The fourth-order valence-corrected chi connectivity index (χ4v) is 2.05. The molecule has 7 heteroatoms. The Morgan fingerprint density at radius 3 is 2.00 bits per heavy atom. The third-order valence-corrected chi connectivity index (χ3v) is 4.06. The average molecular weight is 374 g/mol.